The average molecular weight is 313 g/mol. The number of H-pyrrole nitrogens is 1. The lowest BCUT2D eigenvalue weighted by Gasteiger charge is -2.02. The molecule has 0 spiro atoms. The van der Waals surface area contributed by atoms with Crippen LogP contribution in [0.3, 0.4) is 0 Å². The highest BCUT2D eigenvalue weighted by Gasteiger charge is 2.13. The van der Waals surface area contributed by atoms with Crippen LogP contribution in [0.5, 0.6) is 5.88 Å². The predicted octanol–water partition coefficient (Wildman–Crippen LogP) is 1.78. The van der Waals surface area contributed by atoms with E-state index in [0.29, 0.717) is 18.1 Å². The molecule has 0 unspecified atom stereocenters. The van der Waals surface area contributed by atoms with Gasteiger partial charge in [0.15, 0.2) is 11.3 Å². The zero-order chi connectivity index (χ0) is 16.2. The lowest BCUT2D eigenvalue weighted by atomic mass is 10.2. The Kier molecular flexibility index (Phi) is 4.09. The van der Waals surface area contributed by atoms with Gasteiger partial charge >= 0.3 is 5.97 Å². The van der Waals surface area contributed by atoms with Gasteiger partial charge in [0.2, 0.25) is 5.88 Å². The Hall–Kier alpha value is -3.09. The van der Waals surface area contributed by atoms with Gasteiger partial charge in [0.1, 0.15) is 6.61 Å². The van der Waals surface area contributed by atoms with Crippen LogP contribution in [0.15, 0.2) is 47.3 Å². The maximum atomic E-state index is 12.0. The van der Waals surface area contributed by atoms with E-state index in [4.69, 9.17) is 9.47 Å². The number of esters is 1. The average Bonchev–Trinajstić information content (AvgIpc) is 2.98. The molecule has 1 aromatic carbocycles. The van der Waals surface area contributed by atoms with E-state index in [2.05, 4.69) is 10.1 Å². The summed E-state index contributed by atoms with van der Waals surface area (Å²) >= 11 is 0. The lowest BCUT2D eigenvalue weighted by molar-refractivity contribution is 0.0519. The molecule has 1 N–H and O–H groups in total. The molecule has 3 rings (SSSR count). The van der Waals surface area contributed by atoms with Gasteiger partial charge in [-0.1, -0.05) is 30.3 Å². The molecule has 0 fully saturated rings. The molecule has 7 heteroatoms. The van der Waals surface area contributed by atoms with Crippen LogP contribution >= 0.6 is 0 Å². The van der Waals surface area contributed by atoms with Crippen molar-refractivity contribution in [1.82, 2.24) is 14.6 Å². The number of carbonyl (C=O) groups is 1. The second-order valence-electron chi connectivity index (χ2n) is 4.79. The fourth-order valence-electron chi connectivity index (χ4n) is 2.09. The minimum absolute atomic E-state index is 0.0227. The smallest absolute Gasteiger partial charge is 0.357 e. The molecule has 0 aliphatic rings. The minimum Gasteiger partial charge on any atom is -0.473 e. The summed E-state index contributed by atoms with van der Waals surface area (Å²) in [4.78, 5) is 27.8. The molecular formula is C16H15N3O4. The summed E-state index contributed by atoms with van der Waals surface area (Å²) in [6.45, 7) is 2.26. The van der Waals surface area contributed by atoms with E-state index < -0.39 is 11.5 Å². The molecule has 0 saturated heterocycles. The Morgan fingerprint density at radius 1 is 1.26 bits per heavy atom. The van der Waals surface area contributed by atoms with Gasteiger partial charge in [-0.15, -0.1) is 0 Å². The zero-order valence-electron chi connectivity index (χ0n) is 12.5. The first kappa shape index (κ1) is 14.8. The molecule has 0 radical (unpaired) electrons. The number of carbonyl (C=O) groups excluding carboxylic acids is 1. The Balaban J connectivity index is 1.85. The van der Waals surface area contributed by atoms with Crippen molar-refractivity contribution in [3.05, 3.63) is 64.1 Å². The predicted molar refractivity (Wildman–Crippen MR) is 82.5 cm³/mol. The fraction of sp³-hybridized carbons (Fsp3) is 0.188. The number of nitrogens with zero attached hydrogens (tertiary/aromatic N) is 2. The van der Waals surface area contributed by atoms with Crippen LogP contribution in [0.1, 0.15) is 23.0 Å². The van der Waals surface area contributed by atoms with Gasteiger partial charge in [0, 0.05) is 12.1 Å². The Labute approximate surface area is 131 Å². The third-order valence-electron chi connectivity index (χ3n) is 3.15. The molecule has 7 nitrogen and oxygen atoms in total. The summed E-state index contributed by atoms with van der Waals surface area (Å²) in [5.41, 5.74) is 0.861. The van der Waals surface area contributed by atoms with Crippen LogP contribution in [0.25, 0.3) is 5.65 Å². The van der Waals surface area contributed by atoms with E-state index in [0.717, 1.165) is 11.6 Å². The molecular weight excluding hydrogens is 298 g/mol. The van der Waals surface area contributed by atoms with Gasteiger partial charge in [0.05, 0.1) is 6.61 Å². The van der Waals surface area contributed by atoms with Crippen molar-refractivity contribution in [3.63, 3.8) is 0 Å². The maximum Gasteiger partial charge on any atom is 0.357 e. The highest BCUT2D eigenvalue weighted by atomic mass is 16.5. The molecule has 3 aromatic rings. The Morgan fingerprint density at radius 3 is 2.78 bits per heavy atom. The first-order chi connectivity index (χ1) is 11.2. The van der Waals surface area contributed by atoms with E-state index in [1.807, 2.05) is 30.3 Å². The first-order valence-corrected chi connectivity index (χ1v) is 7.14. The Bertz CT molecular complexity index is 883. The minimum atomic E-state index is -0.625. The topological polar surface area (TPSA) is 85.7 Å². The summed E-state index contributed by atoms with van der Waals surface area (Å²) < 4.78 is 11.7. The van der Waals surface area contributed by atoms with Gasteiger partial charge in [-0.05, 0) is 12.5 Å². The lowest BCUT2D eigenvalue weighted by Crippen LogP contribution is -2.18. The normalized spacial score (nSPS) is 10.7. The van der Waals surface area contributed by atoms with E-state index in [1.165, 1.54) is 4.52 Å². The van der Waals surface area contributed by atoms with E-state index >= 15 is 0 Å². The SMILES string of the molecule is CCOC(=O)c1cc(=O)n2[nH]c(OCc3ccccc3)cc2n1. The van der Waals surface area contributed by atoms with E-state index in [1.54, 1.807) is 13.0 Å². The monoisotopic (exact) mass is 313 g/mol. The summed E-state index contributed by atoms with van der Waals surface area (Å²) in [6.07, 6.45) is 0. The van der Waals surface area contributed by atoms with Crippen molar-refractivity contribution in [2.75, 3.05) is 6.61 Å². The summed E-state index contributed by atoms with van der Waals surface area (Å²) in [5.74, 6) is -0.237. The third-order valence-corrected chi connectivity index (χ3v) is 3.15. The maximum absolute atomic E-state index is 12.0. The first-order valence-electron chi connectivity index (χ1n) is 7.14. The van der Waals surface area contributed by atoms with Crippen LogP contribution in [0, 0.1) is 0 Å². The quantitative estimate of drug-likeness (QED) is 0.726. The van der Waals surface area contributed by atoms with Gasteiger partial charge in [-0.25, -0.2) is 9.78 Å². The van der Waals surface area contributed by atoms with Gasteiger partial charge in [-0.3, -0.25) is 9.89 Å². The van der Waals surface area contributed by atoms with E-state index in [9.17, 15) is 9.59 Å². The molecule has 0 atom stereocenters. The zero-order valence-corrected chi connectivity index (χ0v) is 12.5. The van der Waals surface area contributed by atoms with Crippen molar-refractivity contribution in [2.45, 2.75) is 13.5 Å². The van der Waals surface area contributed by atoms with Crippen LogP contribution in [-0.4, -0.2) is 27.2 Å². The van der Waals surface area contributed by atoms with Crippen molar-refractivity contribution >= 4 is 11.6 Å². The van der Waals surface area contributed by atoms with Crippen LogP contribution in [0.2, 0.25) is 0 Å². The molecule has 0 aliphatic carbocycles. The van der Waals surface area contributed by atoms with Crippen LogP contribution < -0.4 is 10.3 Å². The summed E-state index contributed by atoms with van der Waals surface area (Å²) in [6, 6.07) is 12.3. The second-order valence-corrected chi connectivity index (χ2v) is 4.79. The second kappa shape index (κ2) is 6.35. The van der Waals surface area contributed by atoms with Gasteiger partial charge < -0.3 is 9.47 Å². The third kappa shape index (κ3) is 3.23. The molecule has 0 saturated carbocycles. The number of fused-ring (bicyclic) bond motifs is 1. The van der Waals surface area contributed by atoms with E-state index in [-0.39, 0.29) is 12.3 Å². The Morgan fingerprint density at radius 2 is 2.04 bits per heavy atom. The van der Waals surface area contributed by atoms with Crippen molar-refractivity contribution < 1.29 is 14.3 Å². The standard InChI is InChI=1S/C16H15N3O4/c1-2-22-16(21)12-8-15(20)19-13(17-12)9-14(18-19)23-10-11-6-4-3-5-7-11/h3-9,18H,2,10H2,1H3. The van der Waals surface area contributed by atoms with Crippen molar-refractivity contribution in [2.24, 2.45) is 0 Å². The fourth-order valence-corrected chi connectivity index (χ4v) is 2.09. The largest absolute Gasteiger partial charge is 0.473 e. The molecule has 2 heterocycles. The number of aromatic amines is 1. The number of nitrogens with one attached hydrogen (secondary N) is 1. The van der Waals surface area contributed by atoms with Crippen molar-refractivity contribution in [3.8, 4) is 5.88 Å². The highest BCUT2D eigenvalue weighted by molar-refractivity contribution is 5.87. The molecule has 118 valence electrons. The van der Waals surface area contributed by atoms with Gasteiger partial charge in [-0.2, -0.15) is 4.52 Å². The molecule has 0 bridgehead atoms. The molecule has 23 heavy (non-hydrogen) atoms. The van der Waals surface area contributed by atoms with Crippen LogP contribution in [0.4, 0.5) is 0 Å². The number of hydrogen-bond donors (Lipinski definition) is 1. The highest BCUT2D eigenvalue weighted by Crippen LogP contribution is 2.12. The number of ether oxygens (including phenoxy) is 2. The molecule has 0 aliphatic heterocycles. The number of hydrogen-bond acceptors (Lipinski definition) is 5. The van der Waals surface area contributed by atoms with Crippen molar-refractivity contribution in [1.29, 1.82) is 0 Å². The molecule has 0 amide bonds. The number of benzene rings is 1. The molecule has 2 aromatic heterocycles. The number of rotatable bonds is 5. The number of aromatic nitrogens is 3. The summed E-state index contributed by atoms with van der Waals surface area (Å²) in [7, 11) is 0. The summed E-state index contributed by atoms with van der Waals surface area (Å²) in [5, 5.41) is 2.80. The van der Waals surface area contributed by atoms with Gasteiger partial charge in [0.25, 0.3) is 5.56 Å². The van der Waals surface area contributed by atoms with Crippen LogP contribution in [-0.2, 0) is 11.3 Å².